The first-order chi connectivity index (χ1) is 22.7. The Labute approximate surface area is 254 Å². The maximum absolute atomic E-state index is 8.34. The molecule has 7 rings (SSSR count). The summed E-state index contributed by atoms with van der Waals surface area (Å²) in [7, 11) is 0. The highest BCUT2D eigenvalue weighted by Gasteiger charge is 2.26. The van der Waals surface area contributed by atoms with E-state index < -0.39 is 13.7 Å². The van der Waals surface area contributed by atoms with Crippen molar-refractivity contribution >= 4 is 33.1 Å². The average molecular weight is 557 g/mol. The van der Waals surface area contributed by atoms with Gasteiger partial charge in [0.25, 0.3) is 0 Å². The van der Waals surface area contributed by atoms with Crippen molar-refractivity contribution in [3.05, 3.63) is 108 Å². The van der Waals surface area contributed by atoms with E-state index in [9.17, 15) is 0 Å². The molecule has 42 heavy (non-hydrogen) atoms. The lowest BCUT2D eigenvalue weighted by atomic mass is 9.88. The molecule has 0 N–H and O–H groups in total. The van der Waals surface area contributed by atoms with Crippen molar-refractivity contribution in [2.45, 2.75) is 53.2 Å². The number of aromatic nitrogens is 4. The van der Waals surface area contributed by atoms with Crippen LogP contribution in [0.1, 0.15) is 70.1 Å². The normalized spacial score (nSPS) is 14.7. The summed E-state index contributed by atoms with van der Waals surface area (Å²) >= 11 is 0. The van der Waals surface area contributed by atoms with Gasteiger partial charge in [0.15, 0.2) is 0 Å². The second-order valence-corrected chi connectivity index (χ2v) is 11.3. The molecule has 0 saturated heterocycles. The largest absolute Gasteiger partial charge is 0.437 e. The van der Waals surface area contributed by atoms with E-state index in [1.807, 2.05) is 24.3 Å². The van der Waals surface area contributed by atoms with E-state index >= 15 is 0 Å². The zero-order valence-electron chi connectivity index (χ0n) is 29.9. The summed E-state index contributed by atoms with van der Waals surface area (Å²) in [6.45, 7) is 3.76. The summed E-state index contributed by atoms with van der Waals surface area (Å²) in [6, 6.07) is 22.9. The summed E-state index contributed by atoms with van der Waals surface area (Å²) in [4.78, 5) is 13.9. The number of pyridine rings is 2. The molecule has 3 aromatic carbocycles. The minimum atomic E-state index is -2.47. The van der Waals surface area contributed by atoms with E-state index in [1.54, 1.807) is 30.6 Å². The van der Waals surface area contributed by atoms with Crippen molar-refractivity contribution in [2.24, 2.45) is 0 Å². The number of rotatable bonds is 5. The summed E-state index contributed by atoms with van der Waals surface area (Å²) in [6.07, 6.45) is 3.49. The van der Waals surface area contributed by atoms with Crippen molar-refractivity contribution in [3.63, 3.8) is 0 Å². The van der Waals surface area contributed by atoms with E-state index in [-0.39, 0.29) is 34.4 Å². The van der Waals surface area contributed by atoms with E-state index in [4.69, 9.17) is 17.6 Å². The van der Waals surface area contributed by atoms with Crippen LogP contribution in [-0.4, -0.2) is 19.5 Å². The molecule has 0 aliphatic carbocycles. The Kier molecular flexibility index (Phi) is 4.78. The molecule has 0 unspecified atom stereocenters. The van der Waals surface area contributed by atoms with Gasteiger partial charge in [-0.3, -0.25) is 9.55 Å². The maximum atomic E-state index is 8.34. The first-order valence-electron chi connectivity index (χ1n) is 17.2. The van der Waals surface area contributed by atoms with Crippen LogP contribution in [-0.2, 0) is 0 Å². The lowest BCUT2D eigenvalue weighted by molar-refractivity contribution is 0.653. The Balaban J connectivity index is 1.60. The second-order valence-electron chi connectivity index (χ2n) is 11.3. The molecular formula is C37H34N4O. The third kappa shape index (κ3) is 4.11. The predicted molar refractivity (Wildman–Crippen MR) is 172 cm³/mol. The SMILES string of the molecule is [2H]C([2H])([2H])c1ccc2c(n1)oc1c(-c3nc4ccncc4n3-c3c(C(C)C)cc(-c4ccccc4)cc3C(C)C)ccc(C([2H])([2H])[2H])c12. The van der Waals surface area contributed by atoms with Gasteiger partial charge in [-0.05, 0) is 89.8 Å². The summed E-state index contributed by atoms with van der Waals surface area (Å²) in [5.41, 5.74) is 7.80. The number of benzene rings is 3. The summed E-state index contributed by atoms with van der Waals surface area (Å²) in [5.74, 6) is 0.816. The number of hydrogen-bond donors (Lipinski definition) is 0. The molecule has 4 aromatic heterocycles. The molecule has 5 heteroatoms. The van der Waals surface area contributed by atoms with Crippen molar-refractivity contribution in [1.82, 2.24) is 19.5 Å². The number of hydrogen-bond acceptors (Lipinski definition) is 4. The minimum absolute atomic E-state index is 0.0545. The van der Waals surface area contributed by atoms with Gasteiger partial charge in [0.05, 0.1) is 28.5 Å². The molecule has 0 spiro atoms. The predicted octanol–water partition coefficient (Wildman–Crippen LogP) is 9.91. The Morgan fingerprint density at radius 1 is 0.810 bits per heavy atom. The van der Waals surface area contributed by atoms with Crippen LogP contribution in [0.25, 0.3) is 61.3 Å². The fourth-order valence-corrected chi connectivity index (χ4v) is 5.88. The number of imidazole rings is 1. The lowest BCUT2D eigenvalue weighted by Crippen LogP contribution is -2.09. The van der Waals surface area contributed by atoms with Crippen LogP contribution in [0, 0.1) is 13.7 Å². The summed E-state index contributed by atoms with van der Waals surface area (Å²) in [5, 5.41) is 0.782. The van der Waals surface area contributed by atoms with Gasteiger partial charge in [0, 0.05) is 30.9 Å². The maximum Gasteiger partial charge on any atom is 0.227 e. The van der Waals surface area contributed by atoms with Gasteiger partial charge >= 0.3 is 0 Å². The van der Waals surface area contributed by atoms with Crippen molar-refractivity contribution in [2.75, 3.05) is 0 Å². The Morgan fingerprint density at radius 2 is 1.60 bits per heavy atom. The van der Waals surface area contributed by atoms with Gasteiger partial charge in [0.1, 0.15) is 11.4 Å². The smallest absolute Gasteiger partial charge is 0.227 e. The van der Waals surface area contributed by atoms with E-state index in [2.05, 4.69) is 66.5 Å². The zero-order chi connectivity index (χ0) is 34.1. The summed E-state index contributed by atoms with van der Waals surface area (Å²) < 4.78 is 57.1. The van der Waals surface area contributed by atoms with E-state index in [0.29, 0.717) is 27.7 Å². The van der Waals surface area contributed by atoms with Crippen LogP contribution >= 0.6 is 0 Å². The molecular weight excluding hydrogens is 516 g/mol. The van der Waals surface area contributed by atoms with Gasteiger partial charge in [-0.1, -0.05) is 64.1 Å². The van der Waals surface area contributed by atoms with Crippen molar-refractivity contribution < 1.29 is 12.6 Å². The van der Waals surface area contributed by atoms with E-state index in [0.717, 1.165) is 33.5 Å². The van der Waals surface area contributed by atoms with Crippen LogP contribution in [0.3, 0.4) is 0 Å². The second kappa shape index (κ2) is 9.95. The van der Waals surface area contributed by atoms with Crippen molar-refractivity contribution in [1.29, 1.82) is 0 Å². The zero-order valence-corrected chi connectivity index (χ0v) is 23.9. The average Bonchev–Trinajstić information content (AvgIpc) is 3.61. The molecule has 0 amide bonds. The number of aryl methyl sites for hydroxylation is 2. The monoisotopic (exact) mass is 556 g/mol. The lowest BCUT2D eigenvalue weighted by Gasteiger charge is -2.24. The molecule has 4 heterocycles. The molecule has 0 atom stereocenters. The van der Waals surface area contributed by atoms with Crippen LogP contribution in [0.2, 0.25) is 0 Å². The Morgan fingerprint density at radius 3 is 2.31 bits per heavy atom. The van der Waals surface area contributed by atoms with Gasteiger partial charge in [-0.2, -0.15) is 0 Å². The van der Waals surface area contributed by atoms with Gasteiger partial charge in [-0.25, -0.2) is 9.97 Å². The highest BCUT2D eigenvalue weighted by molar-refractivity contribution is 6.10. The van der Waals surface area contributed by atoms with Gasteiger partial charge < -0.3 is 4.42 Å². The molecule has 0 fully saturated rings. The van der Waals surface area contributed by atoms with Crippen LogP contribution in [0.4, 0.5) is 0 Å². The standard InChI is InChI=1S/C37H34N4O/c1-21(2)29-18-26(25-10-8-7-9-11-25)19-30(22(3)4)34(29)41-32-20-38-17-16-31(32)40-36(41)28-14-12-23(5)33-27-15-13-24(6)39-37(27)42-35(28)33/h7-22H,1-6H3/i5D3,6D3. The Hall–Kier alpha value is -4.77. The highest BCUT2D eigenvalue weighted by atomic mass is 16.3. The molecule has 0 aliphatic rings. The number of fused-ring (bicyclic) bond motifs is 4. The molecule has 0 bridgehead atoms. The fraction of sp³-hybridized carbons (Fsp3) is 0.216. The fourth-order valence-electron chi connectivity index (χ4n) is 5.88. The molecule has 5 nitrogen and oxygen atoms in total. The van der Waals surface area contributed by atoms with Gasteiger partial charge in [-0.15, -0.1) is 0 Å². The molecule has 0 aliphatic heterocycles. The third-order valence-electron chi connectivity index (χ3n) is 7.93. The Bertz CT molecular complexity index is 2300. The van der Waals surface area contributed by atoms with Crippen LogP contribution in [0.5, 0.6) is 0 Å². The molecule has 7 aromatic rings. The molecule has 0 saturated carbocycles. The van der Waals surface area contributed by atoms with E-state index in [1.165, 1.54) is 6.07 Å². The number of furan rings is 1. The highest BCUT2D eigenvalue weighted by Crippen LogP contribution is 2.42. The topological polar surface area (TPSA) is 56.7 Å². The molecule has 0 radical (unpaired) electrons. The van der Waals surface area contributed by atoms with Crippen molar-refractivity contribution in [3.8, 4) is 28.2 Å². The van der Waals surface area contributed by atoms with Crippen LogP contribution < -0.4 is 0 Å². The molecule has 208 valence electrons. The minimum Gasteiger partial charge on any atom is -0.437 e. The number of nitrogens with zero attached hydrogens (tertiary/aromatic N) is 4. The first-order valence-corrected chi connectivity index (χ1v) is 14.2. The van der Waals surface area contributed by atoms with Crippen LogP contribution in [0.15, 0.2) is 89.6 Å². The van der Waals surface area contributed by atoms with Gasteiger partial charge in [0.2, 0.25) is 5.71 Å². The first kappa shape index (κ1) is 20.2. The third-order valence-corrected chi connectivity index (χ3v) is 7.93. The quantitative estimate of drug-likeness (QED) is 0.212.